The molecule has 10 nitrogen and oxygen atoms in total. The zero-order valence-electron chi connectivity index (χ0n) is 17.8. The van der Waals surface area contributed by atoms with Gasteiger partial charge in [-0.3, -0.25) is 14.4 Å². The molecular weight excluding hydrogens is 470 g/mol. The number of carbonyl (C=O) groups excluding carboxylic acids is 3. The summed E-state index contributed by atoms with van der Waals surface area (Å²) in [6.07, 6.45) is 5.14. The van der Waals surface area contributed by atoms with E-state index in [9.17, 15) is 31.2 Å². The van der Waals surface area contributed by atoms with Crippen molar-refractivity contribution in [1.82, 2.24) is 8.61 Å². The van der Waals surface area contributed by atoms with Crippen molar-refractivity contribution < 1.29 is 31.2 Å². The van der Waals surface area contributed by atoms with Crippen LogP contribution in [0.4, 0.5) is 5.69 Å². The lowest BCUT2D eigenvalue weighted by Crippen LogP contribution is -2.41. The molecule has 2 aromatic rings. The zero-order chi connectivity index (χ0) is 24.8. The highest BCUT2D eigenvalue weighted by Gasteiger charge is 2.29. The molecule has 0 heterocycles. The van der Waals surface area contributed by atoms with Crippen LogP contribution in [0.3, 0.4) is 0 Å². The van der Waals surface area contributed by atoms with Gasteiger partial charge in [-0.2, -0.15) is 0 Å². The molecule has 0 radical (unpaired) electrons. The van der Waals surface area contributed by atoms with Crippen LogP contribution in [0.15, 0.2) is 64.4 Å². The minimum atomic E-state index is -4.29. The Bertz CT molecular complexity index is 1320. The van der Waals surface area contributed by atoms with Crippen LogP contribution in [0.25, 0.3) is 0 Å². The molecule has 3 amide bonds. The van der Waals surface area contributed by atoms with Crippen molar-refractivity contribution in [2.75, 3.05) is 18.4 Å². The summed E-state index contributed by atoms with van der Waals surface area (Å²) in [7, 11) is -8.57. The Morgan fingerprint density at radius 2 is 1.39 bits per heavy atom. The molecular formula is C21H21N3O7S2. The van der Waals surface area contributed by atoms with Crippen molar-refractivity contribution >= 4 is 43.5 Å². The number of rotatable bonds is 8. The first kappa shape index (κ1) is 25.6. The third-order valence-electron chi connectivity index (χ3n) is 4.26. The van der Waals surface area contributed by atoms with Gasteiger partial charge in [-0.25, -0.2) is 25.4 Å². The van der Waals surface area contributed by atoms with Gasteiger partial charge < -0.3 is 5.32 Å². The first-order chi connectivity index (χ1) is 15.4. The predicted molar refractivity (Wildman–Crippen MR) is 119 cm³/mol. The summed E-state index contributed by atoms with van der Waals surface area (Å²) < 4.78 is 51.8. The van der Waals surface area contributed by atoms with E-state index in [2.05, 4.69) is 11.2 Å². The number of terminal acetylenes is 1. The fraction of sp³-hybridized carbons (Fsp3) is 0.190. The summed E-state index contributed by atoms with van der Waals surface area (Å²) in [6.45, 7) is 0.742. The lowest BCUT2D eigenvalue weighted by atomic mass is 10.3. The molecule has 0 fully saturated rings. The largest absolute Gasteiger partial charge is 0.324 e. The minimum Gasteiger partial charge on any atom is -0.324 e. The fourth-order valence-electron chi connectivity index (χ4n) is 2.73. The SMILES string of the molecule is C#CCN(C(C)=O)S(=O)(=O)c1cccc(NC(=O)CN(C(C)=O)S(=O)(=O)c2ccccc2)c1. The summed E-state index contributed by atoms with van der Waals surface area (Å²) >= 11 is 0. The second-order valence-corrected chi connectivity index (χ2v) is 10.4. The maximum Gasteiger partial charge on any atom is 0.267 e. The summed E-state index contributed by atoms with van der Waals surface area (Å²) in [5, 5.41) is 2.36. The van der Waals surface area contributed by atoms with Crippen LogP contribution in [0, 0.1) is 12.3 Å². The molecule has 2 aromatic carbocycles. The third kappa shape index (κ3) is 5.97. The van der Waals surface area contributed by atoms with E-state index in [0.717, 1.165) is 19.9 Å². The van der Waals surface area contributed by atoms with Crippen molar-refractivity contribution in [3.05, 3.63) is 54.6 Å². The van der Waals surface area contributed by atoms with Crippen LogP contribution < -0.4 is 5.32 Å². The molecule has 0 aliphatic rings. The quantitative estimate of drug-likeness (QED) is 0.544. The molecule has 0 atom stereocenters. The first-order valence-electron chi connectivity index (χ1n) is 9.36. The van der Waals surface area contributed by atoms with Gasteiger partial charge in [-0.1, -0.05) is 30.2 Å². The Labute approximate surface area is 192 Å². The van der Waals surface area contributed by atoms with Gasteiger partial charge in [-0.15, -0.1) is 6.42 Å². The number of sulfonamides is 2. The number of hydrogen-bond donors (Lipinski definition) is 1. The van der Waals surface area contributed by atoms with Crippen LogP contribution in [-0.2, 0) is 34.4 Å². The summed E-state index contributed by atoms with van der Waals surface area (Å²) in [4.78, 5) is 35.7. The Balaban J connectivity index is 2.28. The van der Waals surface area contributed by atoms with E-state index in [1.54, 1.807) is 6.07 Å². The fourth-order valence-corrected chi connectivity index (χ4v) is 5.47. The highest BCUT2D eigenvalue weighted by atomic mass is 32.2. The normalized spacial score (nSPS) is 11.2. The number of anilines is 1. The molecule has 2 rings (SSSR count). The van der Waals surface area contributed by atoms with Crippen molar-refractivity contribution in [2.24, 2.45) is 0 Å². The topological polar surface area (TPSA) is 138 Å². The molecule has 12 heteroatoms. The van der Waals surface area contributed by atoms with E-state index >= 15 is 0 Å². The summed E-state index contributed by atoms with van der Waals surface area (Å²) in [5.74, 6) is -0.454. The average Bonchev–Trinajstić information content (AvgIpc) is 2.76. The molecule has 0 aromatic heterocycles. The lowest BCUT2D eigenvalue weighted by Gasteiger charge is -2.21. The number of nitrogens with one attached hydrogen (secondary N) is 1. The highest BCUT2D eigenvalue weighted by Crippen LogP contribution is 2.20. The number of nitrogens with zero attached hydrogens (tertiary/aromatic N) is 2. The summed E-state index contributed by atoms with van der Waals surface area (Å²) in [5.41, 5.74) is 0.00546. The molecule has 174 valence electrons. The van der Waals surface area contributed by atoms with Crippen molar-refractivity contribution in [3.63, 3.8) is 0 Å². The van der Waals surface area contributed by atoms with E-state index in [-0.39, 0.29) is 15.5 Å². The predicted octanol–water partition coefficient (Wildman–Crippen LogP) is 1.03. The Hall–Kier alpha value is -3.69. The maximum atomic E-state index is 12.7. The van der Waals surface area contributed by atoms with Gasteiger partial charge in [-0.05, 0) is 30.3 Å². The van der Waals surface area contributed by atoms with Crippen molar-refractivity contribution in [3.8, 4) is 12.3 Å². The molecule has 0 aliphatic carbocycles. The monoisotopic (exact) mass is 491 g/mol. The van der Waals surface area contributed by atoms with Crippen LogP contribution in [0.1, 0.15) is 13.8 Å². The minimum absolute atomic E-state index is 0.00546. The molecule has 0 unspecified atom stereocenters. The average molecular weight is 492 g/mol. The van der Waals surface area contributed by atoms with Crippen LogP contribution in [0.2, 0.25) is 0 Å². The van der Waals surface area contributed by atoms with E-state index < -0.39 is 50.9 Å². The van der Waals surface area contributed by atoms with Crippen LogP contribution in [-0.4, -0.2) is 56.3 Å². The standard InChI is InChI=1S/C21H21N3O7S2/c1-4-13-23(16(2)25)33(30,31)20-12-8-9-18(14-20)22-21(27)15-24(17(3)26)32(28,29)19-10-6-5-7-11-19/h1,5-12,14H,13,15H2,2-3H3,(H,22,27). The van der Waals surface area contributed by atoms with E-state index in [1.807, 2.05) is 0 Å². The molecule has 0 aliphatic heterocycles. The van der Waals surface area contributed by atoms with Gasteiger partial charge >= 0.3 is 0 Å². The van der Waals surface area contributed by atoms with Gasteiger partial charge in [0.15, 0.2) is 0 Å². The molecule has 0 spiro atoms. The third-order valence-corrected chi connectivity index (χ3v) is 7.91. The van der Waals surface area contributed by atoms with Gasteiger partial charge in [0.2, 0.25) is 17.7 Å². The van der Waals surface area contributed by atoms with Crippen LogP contribution >= 0.6 is 0 Å². The lowest BCUT2D eigenvalue weighted by molar-refractivity contribution is -0.128. The van der Waals surface area contributed by atoms with Gasteiger partial charge in [0.1, 0.15) is 6.54 Å². The molecule has 0 saturated carbocycles. The number of amides is 3. The van der Waals surface area contributed by atoms with E-state index in [1.165, 1.54) is 42.5 Å². The summed E-state index contributed by atoms with van der Waals surface area (Å²) in [6, 6.07) is 12.1. The van der Waals surface area contributed by atoms with Crippen LogP contribution in [0.5, 0.6) is 0 Å². The highest BCUT2D eigenvalue weighted by molar-refractivity contribution is 7.90. The number of benzene rings is 2. The second kappa shape index (κ2) is 10.3. The molecule has 0 bridgehead atoms. The van der Waals surface area contributed by atoms with Gasteiger partial charge in [0.25, 0.3) is 20.0 Å². The molecule has 33 heavy (non-hydrogen) atoms. The Morgan fingerprint density at radius 1 is 0.848 bits per heavy atom. The van der Waals surface area contributed by atoms with Crippen molar-refractivity contribution in [1.29, 1.82) is 0 Å². The van der Waals surface area contributed by atoms with E-state index in [0.29, 0.717) is 8.61 Å². The van der Waals surface area contributed by atoms with E-state index in [4.69, 9.17) is 6.42 Å². The smallest absolute Gasteiger partial charge is 0.267 e. The van der Waals surface area contributed by atoms with Gasteiger partial charge in [0.05, 0.1) is 16.3 Å². The first-order valence-corrected chi connectivity index (χ1v) is 12.2. The van der Waals surface area contributed by atoms with Gasteiger partial charge in [0, 0.05) is 19.5 Å². The maximum absolute atomic E-state index is 12.7. The number of carbonyl (C=O) groups is 3. The molecule has 0 saturated heterocycles. The second-order valence-electron chi connectivity index (χ2n) is 6.65. The number of hydrogen-bond acceptors (Lipinski definition) is 7. The Kier molecular flexibility index (Phi) is 7.97. The van der Waals surface area contributed by atoms with Crippen molar-refractivity contribution in [2.45, 2.75) is 23.6 Å². The Morgan fingerprint density at radius 3 is 1.94 bits per heavy atom. The molecule has 1 N–H and O–H groups in total. The zero-order valence-corrected chi connectivity index (χ0v) is 19.4.